The number of hydrogen-bond donors (Lipinski definition) is 0. The van der Waals surface area contributed by atoms with Crippen molar-refractivity contribution in [3.05, 3.63) is 89.0 Å². The van der Waals surface area contributed by atoms with Crippen molar-refractivity contribution in [1.29, 1.82) is 0 Å². The first-order chi connectivity index (χ1) is 13.2. The Morgan fingerprint density at radius 1 is 0.963 bits per heavy atom. The lowest BCUT2D eigenvalue weighted by Crippen LogP contribution is -2.21. The molecule has 1 aromatic heterocycles. The summed E-state index contributed by atoms with van der Waals surface area (Å²) in [6.45, 7) is 8.68. The van der Waals surface area contributed by atoms with Gasteiger partial charge in [-0.05, 0) is 43.9 Å². The van der Waals surface area contributed by atoms with Crippen LogP contribution in [0.3, 0.4) is 0 Å². The Labute approximate surface area is 162 Å². The number of imidazole rings is 1. The van der Waals surface area contributed by atoms with Crippen molar-refractivity contribution in [3.63, 3.8) is 0 Å². The first-order valence-electron chi connectivity index (χ1n) is 10.0. The Morgan fingerprint density at radius 3 is 2.59 bits per heavy atom. The number of rotatable bonds is 6. The molecule has 3 aromatic rings. The maximum atomic E-state index is 4.74. The van der Waals surface area contributed by atoms with E-state index in [1.807, 2.05) is 6.20 Å². The van der Waals surface area contributed by atoms with Crippen molar-refractivity contribution in [3.8, 4) is 0 Å². The molecule has 3 nitrogen and oxygen atoms in total. The topological polar surface area (TPSA) is 21.1 Å². The maximum absolute atomic E-state index is 4.74. The minimum Gasteiger partial charge on any atom is -0.328 e. The molecule has 27 heavy (non-hydrogen) atoms. The molecule has 1 fully saturated rings. The molecule has 4 rings (SSSR count). The largest absolute Gasteiger partial charge is 0.328 e. The first-order valence-corrected chi connectivity index (χ1v) is 10.0. The van der Waals surface area contributed by atoms with Gasteiger partial charge < -0.3 is 4.57 Å². The molecule has 1 unspecified atom stereocenters. The molecule has 0 N–H and O–H groups in total. The highest BCUT2D eigenvalue weighted by Gasteiger charge is 2.24. The van der Waals surface area contributed by atoms with Crippen molar-refractivity contribution in [2.45, 2.75) is 39.8 Å². The summed E-state index contributed by atoms with van der Waals surface area (Å²) >= 11 is 0. The Morgan fingerprint density at radius 2 is 1.78 bits per heavy atom. The lowest BCUT2D eigenvalue weighted by Gasteiger charge is -2.17. The molecule has 0 aliphatic carbocycles. The second-order valence-corrected chi connectivity index (χ2v) is 7.97. The third kappa shape index (κ3) is 4.48. The summed E-state index contributed by atoms with van der Waals surface area (Å²) in [5, 5.41) is 0. The van der Waals surface area contributed by atoms with Gasteiger partial charge in [0.25, 0.3) is 0 Å². The summed E-state index contributed by atoms with van der Waals surface area (Å²) in [5.74, 6) is 1.94. The van der Waals surface area contributed by atoms with Gasteiger partial charge in [0.2, 0.25) is 0 Å². The zero-order chi connectivity index (χ0) is 18.6. The lowest BCUT2D eigenvalue weighted by molar-refractivity contribution is 0.315. The fourth-order valence-corrected chi connectivity index (χ4v) is 4.21. The molecule has 1 aliphatic rings. The van der Waals surface area contributed by atoms with Gasteiger partial charge in [0.1, 0.15) is 5.82 Å². The number of hydrogen-bond acceptors (Lipinski definition) is 2. The molecule has 0 saturated carbocycles. The average Bonchev–Trinajstić information content (AvgIpc) is 3.24. The van der Waals surface area contributed by atoms with E-state index in [4.69, 9.17) is 4.98 Å². The third-order valence-corrected chi connectivity index (χ3v) is 5.65. The number of benzene rings is 2. The molecule has 0 radical (unpaired) electrons. The Bertz CT molecular complexity index is 882. The Balaban J connectivity index is 1.39. The molecule has 0 spiro atoms. The summed E-state index contributed by atoms with van der Waals surface area (Å²) in [5.41, 5.74) is 5.37. The smallest absolute Gasteiger partial charge is 0.109 e. The second-order valence-electron chi connectivity index (χ2n) is 7.97. The maximum Gasteiger partial charge on any atom is 0.109 e. The fraction of sp³-hybridized carbons (Fsp3) is 0.375. The molecule has 1 saturated heterocycles. The van der Waals surface area contributed by atoms with E-state index in [0.29, 0.717) is 5.92 Å². The van der Waals surface area contributed by atoms with Crippen LogP contribution in [0.1, 0.15) is 34.6 Å². The summed E-state index contributed by atoms with van der Waals surface area (Å²) < 4.78 is 2.39. The van der Waals surface area contributed by atoms with Crippen LogP contribution in [0.5, 0.6) is 0 Å². The summed E-state index contributed by atoms with van der Waals surface area (Å²) in [4.78, 5) is 7.33. The Hall–Kier alpha value is -2.39. The SMILES string of the molecule is Cc1cccc(CN2CCC(Cc3ncc(C)n3Cc3ccccc3)C2)c1. The van der Waals surface area contributed by atoms with Gasteiger partial charge in [0, 0.05) is 37.9 Å². The van der Waals surface area contributed by atoms with Crippen molar-refractivity contribution in [2.24, 2.45) is 5.92 Å². The molecular formula is C24H29N3. The molecule has 2 heterocycles. The molecule has 0 bridgehead atoms. The number of nitrogens with zero attached hydrogens (tertiary/aromatic N) is 3. The molecule has 2 aromatic carbocycles. The zero-order valence-corrected chi connectivity index (χ0v) is 16.4. The van der Waals surface area contributed by atoms with E-state index in [0.717, 1.165) is 19.5 Å². The minimum atomic E-state index is 0.700. The van der Waals surface area contributed by atoms with Crippen LogP contribution in [0.4, 0.5) is 0 Å². The van der Waals surface area contributed by atoms with Crippen LogP contribution in [0, 0.1) is 19.8 Å². The van der Waals surface area contributed by atoms with Crippen LogP contribution < -0.4 is 0 Å². The highest BCUT2D eigenvalue weighted by atomic mass is 15.1. The normalized spacial score (nSPS) is 17.5. The first kappa shape index (κ1) is 18.0. The number of aromatic nitrogens is 2. The predicted octanol–water partition coefficient (Wildman–Crippen LogP) is 4.61. The van der Waals surface area contributed by atoms with Crippen LogP contribution in [-0.4, -0.2) is 27.5 Å². The van der Waals surface area contributed by atoms with E-state index < -0.39 is 0 Å². The van der Waals surface area contributed by atoms with Gasteiger partial charge in [-0.25, -0.2) is 4.98 Å². The van der Waals surface area contributed by atoms with Gasteiger partial charge in [-0.3, -0.25) is 4.90 Å². The van der Waals surface area contributed by atoms with Gasteiger partial charge in [0.15, 0.2) is 0 Å². The third-order valence-electron chi connectivity index (χ3n) is 5.65. The molecule has 1 atom stereocenters. The summed E-state index contributed by atoms with van der Waals surface area (Å²) in [6, 6.07) is 19.6. The van der Waals surface area contributed by atoms with Crippen LogP contribution in [-0.2, 0) is 19.5 Å². The standard InChI is InChI=1S/C24H29N3/c1-19-7-6-10-22(13-19)16-26-12-11-23(17-26)14-24-25-15-20(2)27(24)18-21-8-4-3-5-9-21/h3-10,13,15,23H,11-12,14,16-18H2,1-2H3. The van der Waals surface area contributed by atoms with Crippen molar-refractivity contribution >= 4 is 0 Å². The van der Waals surface area contributed by atoms with E-state index in [-0.39, 0.29) is 0 Å². The zero-order valence-electron chi connectivity index (χ0n) is 16.4. The highest BCUT2D eigenvalue weighted by molar-refractivity contribution is 5.22. The fourth-order valence-electron chi connectivity index (χ4n) is 4.21. The monoisotopic (exact) mass is 359 g/mol. The summed E-state index contributed by atoms with van der Waals surface area (Å²) in [6.07, 6.45) is 4.37. The van der Waals surface area contributed by atoms with E-state index >= 15 is 0 Å². The number of likely N-dealkylation sites (tertiary alicyclic amines) is 1. The lowest BCUT2D eigenvalue weighted by atomic mass is 10.0. The highest BCUT2D eigenvalue weighted by Crippen LogP contribution is 2.23. The quantitative estimate of drug-likeness (QED) is 0.641. The van der Waals surface area contributed by atoms with Gasteiger partial charge in [0.05, 0.1) is 0 Å². The molecule has 1 aliphatic heterocycles. The Kier molecular flexibility index (Phi) is 5.40. The van der Waals surface area contributed by atoms with E-state index in [9.17, 15) is 0 Å². The molecule has 0 amide bonds. The molecular weight excluding hydrogens is 330 g/mol. The van der Waals surface area contributed by atoms with Crippen LogP contribution in [0.15, 0.2) is 60.8 Å². The minimum absolute atomic E-state index is 0.700. The van der Waals surface area contributed by atoms with E-state index in [2.05, 4.69) is 77.9 Å². The van der Waals surface area contributed by atoms with Crippen molar-refractivity contribution < 1.29 is 0 Å². The van der Waals surface area contributed by atoms with Gasteiger partial charge in [-0.1, -0.05) is 60.2 Å². The van der Waals surface area contributed by atoms with Crippen LogP contribution in [0.2, 0.25) is 0 Å². The molecule has 3 heteroatoms. The van der Waals surface area contributed by atoms with E-state index in [1.165, 1.54) is 47.7 Å². The van der Waals surface area contributed by atoms with Gasteiger partial charge in [-0.15, -0.1) is 0 Å². The summed E-state index contributed by atoms with van der Waals surface area (Å²) in [7, 11) is 0. The molecule has 140 valence electrons. The van der Waals surface area contributed by atoms with Crippen molar-refractivity contribution in [1.82, 2.24) is 14.5 Å². The average molecular weight is 360 g/mol. The van der Waals surface area contributed by atoms with Crippen LogP contribution in [0.25, 0.3) is 0 Å². The van der Waals surface area contributed by atoms with Gasteiger partial charge >= 0.3 is 0 Å². The van der Waals surface area contributed by atoms with Crippen molar-refractivity contribution in [2.75, 3.05) is 13.1 Å². The second kappa shape index (κ2) is 8.10. The number of aryl methyl sites for hydroxylation is 2. The van der Waals surface area contributed by atoms with Crippen LogP contribution >= 0.6 is 0 Å². The predicted molar refractivity (Wildman–Crippen MR) is 111 cm³/mol. The van der Waals surface area contributed by atoms with E-state index in [1.54, 1.807) is 0 Å². The van der Waals surface area contributed by atoms with Gasteiger partial charge in [-0.2, -0.15) is 0 Å².